The summed E-state index contributed by atoms with van der Waals surface area (Å²) < 4.78 is 40.9. The topological polar surface area (TPSA) is 66.4 Å². The molecule has 1 aromatic heterocycles. The highest BCUT2D eigenvalue weighted by Crippen LogP contribution is 2.49. The first-order chi connectivity index (χ1) is 13.3. The van der Waals surface area contributed by atoms with Crippen LogP contribution in [0.1, 0.15) is 32.5 Å². The Kier molecular flexibility index (Phi) is 4.43. The summed E-state index contributed by atoms with van der Waals surface area (Å²) in [6.07, 6.45) is -0.0992. The van der Waals surface area contributed by atoms with Crippen LogP contribution < -0.4 is 5.32 Å². The van der Waals surface area contributed by atoms with Gasteiger partial charge in [-0.1, -0.05) is 18.2 Å². The van der Waals surface area contributed by atoms with E-state index < -0.39 is 35.2 Å². The molecule has 0 fully saturated rings. The van der Waals surface area contributed by atoms with E-state index in [-0.39, 0.29) is 28.1 Å². The summed E-state index contributed by atoms with van der Waals surface area (Å²) in [5.74, 6) is -4.42. The molecule has 2 N–H and O–H groups in total. The Bertz CT molecular complexity index is 1110. The summed E-state index contributed by atoms with van der Waals surface area (Å²) in [4.78, 5) is 24.5. The molecule has 1 atom stereocenters. The monoisotopic (exact) mass is 403 g/mol. The molecule has 0 bridgehead atoms. The number of carbonyl (C=O) groups is 2. The maximum atomic E-state index is 14.4. The van der Waals surface area contributed by atoms with Gasteiger partial charge in [0.15, 0.2) is 0 Å². The minimum absolute atomic E-state index is 0.0497. The molecule has 1 amide bonds. The zero-order chi connectivity index (χ0) is 20.0. The van der Waals surface area contributed by atoms with Crippen LogP contribution in [0.15, 0.2) is 42.5 Å². The number of benzene rings is 2. The number of halogens is 3. The molecular weight excluding hydrogens is 391 g/mol. The lowest BCUT2D eigenvalue weighted by Crippen LogP contribution is -2.23. The Labute approximate surface area is 161 Å². The summed E-state index contributed by atoms with van der Waals surface area (Å²) in [7, 11) is 0. The van der Waals surface area contributed by atoms with Crippen molar-refractivity contribution in [1.82, 2.24) is 0 Å². The van der Waals surface area contributed by atoms with E-state index in [0.29, 0.717) is 10.4 Å². The SMILES string of the molecule is O=C1CC(c2ccc(F)cc2F)c2sc(C(=O)O)c(-c3ccc(F)cc3)c2N1. The molecule has 4 rings (SSSR count). The van der Waals surface area contributed by atoms with Gasteiger partial charge in [0.2, 0.25) is 5.91 Å². The van der Waals surface area contributed by atoms with Crippen LogP contribution in [0.5, 0.6) is 0 Å². The predicted molar refractivity (Wildman–Crippen MR) is 98.1 cm³/mol. The summed E-state index contributed by atoms with van der Waals surface area (Å²) in [5, 5.41) is 12.3. The molecule has 1 aliphatic heterocycles. The third-order valence-corrected chi connectivity index (χ3v) is 5.86. The van der Waals surface area contributed by atoms with E-state index in [1.807, 2.05) is 0 Å². The van der Waals surface area contributed by atoms with Gasteiger partial charge in [0.25, 0.3) is 0 Å². The van der Waals surface area contributed by atoms with Crippen molar-refractivity contribution in [3.05, 3.63) is 75.2 Å². The van der Waals surface area contributed by atoms with E-state index in [1.165, 1.54) is 30.3 Å². The number of nitrogens with one attached hydrogen (secondary N) is 1. The fourth-order valence-electron chi connectivity index (χ4n) is 3.36. The lowest BCUT2D eigenvalue weighted by Gasteiger charge is -2.24. The molecule has 0 radical (unpaired) electrons. The molecule has 3 aromatic rings. The van der Waals surface area contributed by atoms with Gasteiger partial charge in [-0.05, 0) is 29.3 Å². The van der Waals surface area contributed by atoms with Gasteiger partial charge in [0, 0.05) is 28.8 Å². The number of carboxylic acid groups (broad SMARTS) is 1. The molecule has 1 unspecified atom stereocenters. The van der Waals surface area contributed by atoms with E-state index in [4.69, 9.17) is 0 Å². The zero-order valence-electron chi connectivity index (χ0n) is 14.1. The molecule has 28 heavy (non-hydrogen) atoms. The van der Waals surface area contributed by atoms with E-state index in [1.54, 1.807) is 0 Å². The number of aromatic carboxylic acids is 1. The van der Waals surface area contributed by atoms with Gasteiger partial charge < -0.3 is 10.4 Å². The number of amides is 1. The molecule has 1 aliphatic rings. The van der Waals surface area contributed by atoms with Gasteiger partial charge in [-0.3, -0.25) is 4.79 Å². The number of rotatable bonds is 3. The highest BCUT2D eigenvalue weighted by atomic mass is 32.1. The molecule has 8 heteroatoms. The maximum absolute atomic E-state index is 14.4. The summed E-state index contributed by atoms with van der Waals surface area (Å²) in [6.45, 7) is 0. The van der Waals surface area contributed by atoms with E-state index in [9.17, 15) is 27.9 Å². The van der Waals surface area contributed by atoms with Crippen LogP contribution in [0, 0.1) is 17.5 Å². The maximum Gasteiger partial charge on any atom is 0.346 e. The van der Waals surface area contributed by atoms with Crippen molar-refractivity contribution < 1.29 is 27.9 Å². The lowest BCUT2D eigenvalue weighted by atomic mass is 9.88. The standard InChI is InChI=1S/C20H12F3NO3S/c21-10-3-1-9(2-4-10)16-17-18(28-19(16)20(26)27)13(8-15(25)24-17)12-6-5-11(22)7-14(12)23/h1-7,13H,8H2,(H,24,25)(H,26,27). The Morgan fingerprint density at radius 1 is 1.07 bits per heavy atom. The molecule has 4 nitrogen and oxygen atoms in total. The average Bonchev–Trinajstić information content (AvgIpc) is 3.01. The van der Waals surface area contributed by atoms with Crippen molar-refractivity contribution in [3.8, 4) is 11.1 Å². The molecule has 0 aliphatic carbocycles. The van der Waals surface area contributed by atoms with Crippen LogP contribution in [-0.2, 0) is 4.79 Å². The van der Waals surface area contributed by atoms with E-state index >= 15 is 0 Å². The number of anilines is 1. The fourth-order valence-corrected chi connectivity index (χ4v) is 4.60. The van der Waals surface area contributed by atoms with Crippen molar-refractivity contribution in [2.45, 2.75) is 12.3 Å². The molecule has 0 spiro atoms. The zero-order valence-corrected chi connectivity index (χ0v) is 14.9. The Morgan fingerprint density at radius 2 is 1.75 bits per heavy atom. The number of hydrogen-bond donors (Lipinski definition) is 2. The molecule has 142 valence electrons. The summed E-state index contributed by atoms with van der Waals surface area (Å²) in [5.41, 5.74) is 1.03. The second kappa shape index (κ2) is 6.79. The Balaban J connectivity index is 1.94. The Hall–Kier alpha value is -3.13. The minimum atomic E-state index is -1.22. The lowest BCUT2D eigenvalue weighted by molar-refractivity contribution is -0.116. The smallest absolute Gasteiger partial charge is 0.346 e. The fraction of sp³-hybridized carbons (Fsp3) is 0.100. The highest BCUT2D eigenvalue weighted by Gasteiger charge is 2.35. The van der Waals surface area contributed by atoms with Crippen LogP contribution in [0.2, 0.25) is 0 Å². The molecule has 2 heterocycles. The molecular formula is C20H12F3NO3S. The number of fused-ring (bicyclic) bond motifs is 1. The largest absolute Gasteiger partial charge is 0.477 e. The number of carbonyl (C=O) groups excluding carboxylic acids is 1. The first-order valence-electron chi connectivity index (χ1n) is 8.26. The first-order valence-corrected chi connectivity index (χ1v) is 9.07. The van der Waals surface area contributed by atoms with Crippen molar-refractivity contribution in [3.63, 3.8) is 0 Å². The van der Waals surface area contributed by atoms with Crippen LogP contribution in [0.25, 0.3) is 11.1 Å². The van der Waals surface area contributed by atoms with Gasteiger partial charge in [0.05, 0.1) is 5.69 Å². The molecule has 2 aromatic carbocycles. The van der Waals surface area contributed by atoms with Crippen LogP contribution in [0.3, 0.4) is 0 Å². The minimum Gasteiger partial charge on any atom is -0.477 e. The van der Waals surface area contributed by atoms with Crippen molar-refractivity contribution in [2.75, 3.05) is 5.32 Å². The van der Waals surface area contributed by atoms with Crippen LogP contribution >= 0.6 is 11.3 Å². The third-order valence-electron chi connectivity index (χ3n) is 4.57. The predicted octanol–water partition coefficient (Wildman–Crippen LogP) is 5.00. The van der Waals surface area contributed by atoms with Crippen LogP contribution in [-0.4, -0.2) is 17.0 Å². The van der Waals surface area contributed by atoms with E-state index in [0.717, 1.165) is 23.5 Å². The van der Waals surface area contributed by atoms with Gasteiger partial charge >= 0.3 is 5.97 Å². The quantitative estimate of drug-likeness (QED) is 0.647. The van der Waals surface area contributed by atoms with Gasteiger partial charge in [-0.15, -0.1) is 11.3 Å². The van der Waals surface area contributed by atoms with Gasteiger partial charge in [-0.25, -0.2) is 18.0 Å². The Morgan fingerprint density at radius 3 is 2.39 bits per heavy atom. The number of carboxylic acids is 1. The summed E-state index contributed by atoms with van der Waals surface area (Å²) in [6, 6.07) is 8.29. The average molecular weight is 403 g/mol. The normalized spacial score (nSPS) is 15.8. The van der Waals surface area contributed by atoms with Crippen LogP contribution in [0.4, 0.5) is 18.9 Å². The number of hydrogen-bond acceptors (Lipinski definition) is 3. The highest BCUT2D eigenvalue weighted by molar-refractivity contribution is 7.15. The van der Waals surface area contributed by atoms with Crippen molar-refractivity contribution in [1.29, 1.82) is 0 Å². The molecule has 0 saturated heterocycles. The van der Waals surface area contributed by atoms with Crippen molar-refractivity contribution >= 4 is 28.9 Å². The number of thiophene rings is 1. The third kappa shape index (κ3) is 3.05. The summed E-state index contributed by atoms with van der Waals surface area (Å²) >= 11 is 0.919. The van der Waals surface area contributed by atoms with E-state index in [2.05, 4.69) is 5.32 Å². The van der Waals surface area contributed by atoms with Crippen molar-refractivity contribution in [2.24, 2.45) is 0 Å². The second-order valence-corrected chi connectivity index (χ2v) is 7.38. The molecule has 0 saturated carbocycles. The van der Waals surface area contributed by atoms with Gasteiger partial charge in [-0.2, -0.15) is 0 Å². The first kappa shape index (κ1) is 18.2. The second-order valence-electron chi connectivity index (χ2n) is 6.33. The van der Waals surface area contributed by atoms with Gasteiger partial charge in [0.1, 0.15) is 22.3 Å².